The van der Waals surface area contributed by atoms with Crippen LogP contribution in [0.1, 0.15) is 118 Å². The number of piperazine rings is 1. The summed E-state index contributed by atoms with van der Waals surface area (Å²) in [6, 6.07) is 30.7. The molecule has 2 aliphatic heterocycles. The average Bonchev–Trinajstić information content (AvgIpc) is 3.82. The Balaban J connectivity index is 0.777. The van der Waals surface area contributed by atoms with Crippen molar-refractivity contribution in [1.29, 1.82) is 0 Å². The number of nitrogens with one attached hydrogen (secondary N) is 2. The summed E-state index contributed by atoms with van der Waals surface area (Å²) >= 11 is 16.3. The Morgan fingerprint density at radius 3 is 2.13 bits per heavy atom. The lowest BCUT2D eigenvalue weighted by atomic mass is 9.93. The Morgan fingerprint density at radius 1 is 0.769 bits per heavy atom. The smallest absolute Gasteiger partial charge is 0.326 e. The number of fused-ring (bicyclic) bond motifs is 1. The molecule has 3 heterocycles. The minimum absolute atomic E-state index is 0.0200. The number of ether oxygens (including phenoxy) is 4. The van der Waals surface area contributed by atoms with Gasteiger partial charge in [-0.3, -0.25) is 19.5 Å². The number of urea groups is 1. The zero-order chi connectivity index (χ0) is 55.3. The second-order valence-electron chi connectivity index (χ2n) is 20.0. The van der Waals surface area contributed by atoms with Crippen molar-refractivity contribution in [2.45, 2.75) is 103 Å². The van der Waals surface area contributed by atoms with E-state index in [-0.39, 0.29) is 50.1 Å². The second kappa shape index (κ2) is 27.3. The second-order valence-corrected chi connectivity index (χ2v) is 21.7. The van der Waals surface area contributed by atoms with Crippen LogP contribution in [-0.2, 0) is 9.59 Å². The topological polar surface area (TPSA) is 160 Å². The van der Waals surface area contributed by atoms with E-state index < -0.39 is 18.1 Å². The van der Waals surface area contributed by atoms with Gasteiger partial charge < -0.3 is 39.4 Å². The monoisotopic (exact) mass is 1160 g/mol. The summed E-state index contributed by atoms with van der Waals surface area (Å²) < 4.78 is 24.9. The number of rotatable bonds is 24. The van der Waals surface area contributed by atoms with Gasteiger partial charge >= 0.3 is 6.03 Å². The molecule has 0 saturated carbocycles. The summed E-state index contributed by atoms with van der Waals surface area (Å²) in [4.78, 5) is 61.4. The quantitative estimate of drug-likeness (QED) is 0.0558. The maximum atomic E-state index is 15.1. The lowest BCUT2D eigenvalue weighted by Gasteiger charge is -2.38. The molecule has 1 saturated heterocycles. The first-order chi connectivity index (χ1) is 37.7. The highest BCUT2D eigenvalue weighted by molar-refractivity contribution is 9.10. The first kappa shape index (κ1) is 57.6. The number of nitrogens with zero attached hydrogens (tertiary/aromatic N) is 6. The zero-order valence-electron chi connectivity index (χ0n) is 45.2. The van der Waals surface area contributed by atoms with Crippen LogP contribution in [0.15, 0.2) is 113 Å². The van der Waals surface area contributed by atoms with E-state index in [4.69, 9.17) is 57.1 Å². The van der Waals surface area contributed by atoms with Crippen LogP contribution in [-0.4, -0.2) is 108 Å². The van der Waals surface area contributed by atoms with Gasteiger partial charge in [-0.25, -0.2) is 14.8 Å². The Morgan fingerprint density at radius 2 is 1.46 bits per heavy atom. The van der Waals surface area contributed by atoms with Crippen molar-refractivity contribution in [3.63, 3.8) is 0 Å². The highest BCUT2D eigenvalue weighted by Gasteiger charge is 2.46. The number of amides is 4. The number of hydrogen-bond acceptors (Lipinski definition) is 11. The van der Waals surface area contributed by atoms with Crippen molar-refractivity contribution in [1.82, 2.24) is 30.0 Å². The predicted molar refractivity (Wildman–Crippen MR) is 312 cm³/mol. The Kier molecular flexibility index (Phi) is 20.1. The first-order valence-corrected chi connectivity index (χ1v) is 28.3. The molecule has 6 aromatic rings. The summed E-state index contributed by atoms with van der Waals surface area (Å²) in [5.41, 5.74) is 4.15. The molecule has 1 fully saturated rings. The molecule has 5 aromatic carbocycles. The van der Waals surface area contributed by atoms with E-state index in [2.05, 4.69) is 45.6 Å². The zero-order valence-corrected chi connectivity index (χ0v) is 48.3. The van der Waals surface area contributed by atoms with Crippen LogP contribution in [0.25, 0.3) is 10.9 Å². The molecule has 2 N–H and O–H groups in total. The molecule has 4 amide bonds. The third-order valence-corrected chi connectivity index (χ3v) is 14.9. The number of amidine groups is 1. The largest absolute Gasteiger partial charge is 0.497 e. The molecular formula is C60H69BrCl2N8O7. The highest BCUT2D eigenvalue weighted by atomic mass is 79.9. The van der Waals surface area contributed by atoms with Crippen molar-refractivity contribution in [2.75, 3.05) is 58.9 Å². The minimum Gasteiger partial charge on any atom is -0.497 e. The number of aryl methyl sites for hydroxylation is 1. The maximum absolute atomic E-state index is 15.1. The van der Waals surface area contributed by atoms with Gasteiger partial charge in [-0.1, -0.05) is 114 Å². The van der Waals surface area contributed by atoms with Crippen molar-refractivity contribution < 1.29 is 33.3 Å². The molecule has 1 aromatic heterocycles. The van der Waals surface area contributed by atoms with E-state index in [1.54, 1.807) is 55.5 Å². The fourth-order valence-electron chi connectivity index (χ4n) is 9.84. The van der Waals surface area contributed by atoms with Crippen molar-refractivity contribution in [3.05, 3.63) is 146 Å². The lowest BCUT2D eigenvalue weighted by molar-refractivity contribution is -0.139. The van der Waals surface area contributed by atoms with E-state index in [0.29, 0.717) is 63.4 Å². The fraction of sp³-hybridized carbons (Fsp3) is 0.400. The Labute approximate surface area is 476 Å². The minimum atomic E-state index is -0.629. The van der Waals surface area contributed by atoms with Gasteiger partial charge in [0.15, 0.2) is 11.5 Å². The molecule has 0 bridgehead atoms. The molecule has 15 nitrogen and oxygen atoms in total. The summed E-state index contributed by atoms with van der Waals surface area (Å²) in [5.74, 6) is 3.63. The Bertz CT molecular complexity index is 3070. The van der Waals surface area contributed by atoms with Gasteiger partial charge in [0, 0.05) is 51.7 Å². The molecule has 2 aliphatic rings. The lowest BCUT2D eigenvalue weighted by Crippen LogP contribution is -2.57. The molecule has 0 unspecified atom stereocenters. The summed E-state index contributed by atoms with van der Waals surface area (Å²) in [6.07, 6.45) is 8.03. The number of aromatic nitrogens is 2. The van der Waals surface area contributed by atoms with Crippen molar-refractivity contribution in [2.24, 2.45) is 4.99 Å². The number of carbonyl (C=O) groups is 3. The predicted octanol–water partition coefficient (Wildman–Crippen LogP) is 13.1. The number of aliphatic imine (C=N–C) groups is 1. The van der Waals surface area contributed by atoms with Gasteiger partial charge in [-0.2, -0.15) is 0 Å². The highest BCUT2D eigenvalue weighted by Crippen LogP contribution is 2.46. The number of methoxy groups -OCH3 is 2. The molecule has 0 aliphatic carbocycles. The summed E-state index contributed by atoms with van der Waals surface area (Å²) in [6.45, 7) is 9.07. The average molecular weight is 1170 g/mol. The molecule has 3 atom stereocenters. The molecule has 412 valence electrons. The third kappa shape index (κ3) is 14.7. The van der Waals surface area contributed by atoms with Gasteiger partial charge in [-0.15, -0.1) is 0 Å². The summed E-state index contributed by atoms with van der Waals surface area (Å²) in [5, 5.41) is 8.54. The van der Waals surface area contributed by atoms with Crippen LogP contribution in [0.2, 0.25) is 10.0 Å². The number of unbranched alkanes of at least 4 members (excludes halogenated alkanes) is 7. The first-order valence-electron chi connectivity index (χ1n) is 26.8. The van der Waals surface area contributed by atoms with E-state index in [0.717, 1.165) is 89.3 Å². The van der Waals surface area contributed by atoms with Gasteiger partial charge in [-0.05, 0) is 112 Å². The molecular weight excluding hydrogens is 1100 g/mol. The van der Waals surface area contributed by atoms with Gasteiger partial charge in [0.05, 0.1) is 56.6 Å². The maximum Gasteiger partial charge on any atom is 0.326 e. The van der Waals surface area contributed by atoms with Crippen LogP contribution in [0.5, 0.6) is 23.0 Å². The van der Waals surface area contributed by atoms with E-state index in [1.807, 2.05) is 75.4 Å². The number of benzene rings is 5. The van der Waals surface area contributed by atoms with Gasteiger partial charge in [0.25, 0.3) is 0 Å². The normalized spacial score (nSPS) is 15.8. The van der Waals surface area contributed by atoms with Crippen LogP contribution >= 0.6 is 39.1 Å². The number of anilines is 1. The number of halogens is 3. The van der Waals surface area contributed by atoms with Crippen LogP contribution in [0.4, 0.5) is 10.6 Å². The van der Waals surface area contributed by atoms with Gasteiger partial charge in [0.1, 0.15) is 41.6 Å². The molecule has 0 spiro atoms. The fourth-order valence-corrected chi connectivity index (χ4v) is 10.5. The standard InChI is InChI=1S/C60H69BrCl2N8O7/c1-38(2)78-51-33-47(75-5)26-27-48(51)59-68-56(41-18-22-45(62)23-19-41)57(42-20-24-46(63)25-21-42)71(59)60(74)70-30-29-69(55(73)37-70)36-54(72)64-28-13-11-9-7-8-10-12-14-31-77-53-35-50-49(34-52(53)76-6)58(67-40(4)66-50)65-39(3)43-16-15-17-44(61)32-43/h15-27,32-35,38-39,56-57H,7-14,28-31,36-37H2,1-6H3,(H,64,72)(H,65,66,67)/t39-,56+,57-/m1/s1. The van der Waals surface area contributed by atoms with Crippen LogP contribution in [0.3, 0.4) is 0 Å². The molecule has 18 heteroatoms. The number of carbonyl (C=O) groups excluding carboxylic acids is 3. The van der Waals surface area contributed by atoms with Crippen molar-refractivity contribution >= 4 is 79.5 Å². The van der Waals surface area contributed by atoms with Crippen LogP contribution in [0, 0.1) is 6.92 Å². The molecule has 8 rings (SSSR count). The van der Waals surface area contributed by atoms with Gasteiger partial charge in [0.2, 0.25) is 11.8 Å². The Hall–Kier alpha value is -6.62. The number of hydrogen-bond donors (Lipinski definition) is 2. The SMILES string of the molecule is COc1ccc(C2=N[C@@H](c3ccc(Cl)cc3)[C@@H](c3ccc(Cl)cc3)N2C(=O)N2CCN(CC(=O)NCCCCCCCCCCOc3cc4nc(C)nc(N[C@H](C)c5cccc(Br)c5)c4cc3OC)C(=O)C2)c(OC(C)C)c1. The third-order valence-electron chi connectivity index (χ3n) is 13.9. The van der Waals surface area contributed by atoms with E-state index in [1.165, 1.54) is 9.80 Å². The van der Waals surface area contributed by atoms with Crippen molar-refractivity contribution in [3.8, 4) is 23.0 Å². The summed E-state index contributed by atoms with van der Waals surface area (Å²) in [7, 11) is 3.23. The van der Waals surface area contributed by atoms with E-state index in [9.17, 15) is 9.59 Å². The van der Waals surface area contributed by atoms with E-state index >= 15 is 4.79 Å². The molecule has 0 radical (unpaired) electrons. The molecule has 78 heavy (non-hydrogen) atoms. The van der Waals surface area contributed by atoms with Crippen LogP contribution < -0.4 is 29.6 Å².